The van der Waals surface area contributed by atoms with E-state index >= 15 is 0 Å². The standard InChI is InChI=1S/C24H29FN4O/c1-16(20-11-13-21(25)14-12-20)26-24(30)19(4)28(5)15-23-17(2)27-29(18(23)3)22-9-7-6-8-10-22/h6-14,16,19H,15H2,1-5H3,(H,26,30). The fraction of sp³-hybridized carbons (Fsp3) is 0.333. The van der Waals surface area contributed by atoms with Crippen molar-refractivity contribution in [3.63, 3.8) is 0 Å². The molecule has 0 fully saturated rings. The van der Waals surface area contributed by atoms with Gasteiger partial charge in [0.1, 0.15) is 5.82 Å². The van der Waals surface area contributed by atoms with Crippen molar-refractivity contribution >= 4 is 5.91 Å². The Morgan fingerprint density at radius 2 is 1.73 bits per heavy atom. The zero-order valence-electron chi connectivity index (χ0n) is 18.2. The second kappa shape index (κ2) is 9.22. The Morgan fingerprint density at radius 1 is 1.10 bits per heavy atom. The van der Waals surface area contributed by atoms with Crippen LogP contribution in [0.3, 0.4) is 0 Å². The summed E-state index contributed by atoms with van der Waals surface area (Å²) in [6, 6.07) is 15.7. The topological polar surface area (TPSA) is 50.2 Å². The number of carbonyl (C=O) groups is 1. The number of hydrogen-bond acceptors (Lipinski definition) is 3. The van der Waals surface area contributed by atoms with Crippen LogP contribution in [0.2, 0.25) is 0 Å². The lowest BCUT2D eigenvalue weighted by molar-refractivity contribution is -0.126. The second-order valence-corrected chi connectivity index (χ2v) is 7.77. The molecule has 6 heteroatoms. The molecule has 30 heavy (non-hydrogen) atoms. The normalized spacial score (nSPS) is 13.3. The van der Waals surface area contributed by atoms with Gasteiger partial charge in [-0.1, -0.05) is 30.3 Å². The van der Waals surface area contributed by atoms with Gasteiger partial charge < -0.3 is 5.32 Å². The molecule has 158 valence electrons. The number of aromatic nitrogens is 2. The molecule has 3 rings (SSSR count). The van der Waals surface area contributed by atoms with Crippen LogP contribution in [0.4, 0.5) is 4.39 Å². The van der Waals surface area contributed by atoms with E-state index in [0.29, 0.717) is 6.54 Å². The summed E-state index contributed by atoms with van der Waals surface area (Å²) in [6.45, 7) is 8.45. The number of likely N-dealkylation sites (N-methyl/N-ethyl adjacent to an activating group) is 1. The molecular formula is C24H29FN4O. The van der Waals surface area contributed by atoms with Crippen molar-refractivity contribution in [2.45, 2.75) is 46.3 Å². The minimum Gasteiger partial charge on any atom is -0.348 e. The molecule has 1 heterocycles. The maximum absolute atomic E-state index is 13.1. The maximum atomic E-state index is 13.1. The van der Waals surface area contributed by atoms with E-state index < -0.39 is 0 Å². The summed E-state index contributed by atoms with van der Waals surface area (Å²) in [7, 11) is 1.94. The Kier molecular flexibility index (Phi) is 6.67. The number of benzene rings is 2. The van der Waals surface area contributed by atoms with Crippen LogP contribution in [0.15, 0.2) is 54.6 Å². The lowest BCUT2D eigenvalue weighted by Crippen LogP contribution is -2.43. The van der Waals surface area contributed by atoms with Gasteiger partial charge >= 0.3 is 0 Å². The molecule has 0 saturated carbocycles. The fourth-order valence-corrected chi connectivity index (χ4v) is 3.48. The van der Waals surface area contributed by atoms with Crippen molar-refractivity contribution in [1.29, 1.82) is 0 Å². The number of carbonyl (C=O) groups excluding carboxylic acids is 1. The monoisotopic (exact) mass is 408 g/mol. The van der Waals surface area contributed by atoms with Crippen LogP contribution in [-0.4, -0.2) is 33.7 Å². The number of amides is 1. The summed E-state index contributed by atoms with van der Waals surface area (Å²) in [5.74, 6) is -0.354. The Balaban J connectivity index is 1.68. The van der Waals surface area contributed by atoms with E-state index in [9.17, 15) is 9.18 Å². The molecule has 1 N–H and O–H groups in total. The Morgan fingerprint density at radius 3 is 2.37 bits per heavy atom. The molecule has 3 aromatic rings. The summed E-state index contributed by atoms with van der Waals surface area (Å²) in [5.41, 5.74) is 5.03. The minimum absolute atomic E-state index is 0.0694. The summed E-state index contributed by atoms with van der Waals surface area (Å²) < 4.78 is 15.1. The first kappa shape index (κ1) is 21.7. The SMILES string of the molecule is Cc1nn(-c2ccccc2)c(C)c1CN(C)C(C)C(=O)NC(C)c1ccc(F)cc1. The molecule has 0 bridgehead atoms. The molecule has 0 aliphatic carbocycles. The van der Waals surface area contributed by atoms with Crippen molar-refractivity contribution in [1.82, 2.24) is 20.0 Å². The number of rotatable bonds is 7. The highest BCUT2D eigenvalue weighted by Gasteiger charge is 2.23. The van der Waals surface area contributed by atoms with E-state index in [-0.39, 0.29) is 23.8 Å². The quantitative estimate of drug-likeness (QED) is 0.633. The van der Waals surface area contributed by atoms with E-state index in [1.54, 1.807) is 12.1 Å². The van der Waals surface area contributed by atoms with E-state index in [1.807, 2.05) is 67.7 Å². The summed E-state index contributed by atoms with van der Waals surface area (Å²) >= 11 is 0. The first-order valence-electron chi connectivity index (χ1n) is 10.1. The van der Waals surface area contributed by atoms with E-state index in [2.05, 4.69) is 12.2 Å². The molecule has 0 spiro atoms. The zero-order chi connectivity index (χ0) is 21.8. The van der Waals surface area contributed by atoms with Gasteiger partial charge in [-0.25, -0.2) is 9.07 Å². The Hall–Kier alpha value is -2.99. The molecule has 5 nitrogen and oxygen atoms in total. The summed E-state index contributed by atoms with van der Waals surface area (Å²) in [6.07, 6.45) is 0. The number of nitrogens with zero attached hydrogens (tertiary/aromatic N) is 3. The average molecular weight is 409 g/mol. The largest absolute Gasteiger partial charge is 0.348 e. The van der Waals surface area contributed by atoms with Crippen LogP contribution in [-0.2, 0) is 11.3 Å². The van der Waals surface area contributed by atoms with Crippen molar-refractivity contribution < 1.29 is 9.18 Å². The number of para-hydroxylation sites is 1. The Labute approximate surface area is 177 Å². The van der Waals surface area contributed by atoms with Gasteiger partial charge in [0.2, 0.25) is 5.91 Å². The van der Waals surface area contributed by atoms with Gasteiger partial charge in [0, 0.05) is 17.8 Å². The number of halogens is 1. The lowest BCUT2D eigenvalue weighted by Gasteiger charge is -2.26. The van der Waals surface area contributed by atoms with Crippen LogP contribution in [0.25, 0.3) is 5.69 Å². The van der Waals surface area contributed by atoms with Gasteiger partial charge in [0.15, 0.2) is 0 Å². The number of nitrogens with one attached hydrogen (secondary N) is 1. The molecular weight excluding hydrogens is 379 g/mol. The van der Waals surface area contributed by atoms with Crippen molar-refractivity contribution in [2.75, 3.05) is 7.05 Å². The van der Waals surface area contributed by atoms with Crippen LogP contribution in [0, 0.1) is 19.7 Å². The Bertz CT molecular complexity index is 998. The number of hydrogen-bond donors (Lipinski definition) is 1. The van der Waals surface area contributed by atoms with E-state index in [4.69, 9.17) is 5.10 Å². The molecule has 2 unspecified atom stereocenters. The van der Waals surface area contributed by atoms with Crippen molar-refractivity contribution in [2.24, 2.45) is 0 Å². The van der Waals surface area contributed by atoms with Gasteiger partial charge in [0.05, 0.1) is 23.5 Å². The van der Waals surface area contributed by atoms with Gasteiger partial charge in [-0.2, -0.15) is 5.10 Å². The predicted molar refractivity (Wildman–Crippen MR) is 117 cm³/mol. The fourth-order valence-electron chi connectivity index (χ4n) is 3.48. The van der Waals surface area contributed by atoms with Crippen LogP contribution >= 0.6 is 0 Å². The first-order valence-corrected chi connectivity index (χ1v) is 10.1. The predicted octanol–water partition coefficient (Wildman–Crippen LogP) is 4.33. The second-order valence-electron chi connectivity index (χ2n) is 7.77. The molecule has 0 radical (unpaired) electrons. The third kappa shape index (κ3) is 4.76. The average Bonchev–Trinajstić information content (AvgIpc) is 3.02. The molecule has 0 aliphatic heterocycles. The van der Waals surface area contributed by atoms with Crippen molar-refractivity contribution in [3.05, 3.63) is 82.9 Å². The maximum Gasteiger partial charge on any atom is 0.237 e. The highest BCUT2D eigenvalue weighted by Crippen LogP contribution is 2.20. The van der Waals surface area contributed by atoms with Gasteiger partial charge in [-0.05, 0) is 64.6 Å². The van der Waals surface area contributed by atoms with E-state index in [1.165, 1.54) is 12.1 Å². The molecule has 2 aromatic carbocycles. The first-order chi connectivity index (χ1) is 14.3. The van der Waals surface area contributed by atoms with Gasteiger partial charge in [-0.3, -0.25) is 9.69 Å². The van der Waals surface area contributed by atoms with E-state index in [0.717, 1.165) is 28.2 Å². The van der Waals surface area contributed by atoms with Crippen LogP contribution in [0.1, 0.15) is 42.4 Å². The molecule has 0 aliphatic rings. The van der Waals surface area contributed by atoms with Crippen molar-refractivity contribution in [3.8, 4) is 5.69 Å². The summed E-state index contributed by atoms with van der Waals surface area (Å²) in [5, 5.41) is 7.71. The minimum atomic E-state index is -0.327. The smallest absolute Gasteiger partial charge is 0.237 e. The zero-order valence-corrected chi connectivity index (χ0v) is 18.2. The highest BCUT2D eigenvalue weighted by atomic mass is 19.1. The van der Waals surface area contributed by atoms with Gasteiger partial charge in [-0.15, -0.1) is 0 Å². The highest BCUT2D eigenvalue weighted by molar-refractivity contribution is 5.81. The molecule has 1 aromatic heterocycles. The van der Waals surface area contributed by atoms with Crippen LogP contribution in [0.5, 0.6) is 0 Å². The molecule has 1 amide bonds. The third-order valence-electron chi connectivity index (χ3n) is 5.62. The molecule has 2 atom stereocenters. The lowest BCUT2D eigenvalue weighted by atomic mass is 10.1. The van der Waals surface area contributed by atoms with Crippen LogP contribution < -0.4 is 5.32 Å². The summed E-state index contributed by atoms with van der Waals surface area (Å²) in [4.78, 5) is 14.8. The van der Waals surface area contributed by atoms with Gasteiger partial charge in [0.25, 0.3) is 0 Å². The number of aryl methyl sites for hydroxylation is 1. The third-order valence-corrected chi connectivity index (χ3v) is 5.62. The molecule has 0 saturated heterocycles.